The first-order valence-electron chi connectivity index (χ1n) is 3.08. The Labute approximate surface area is 64.3 Å². The lowest BCUT2D eigenvalue weighted by molar-refractivity contribution is 0.476. The van der Waals surface area contributed by atoms with E-state index in [9.17, 15) is 5.11 Å². The lowest BCUT2D eigenvalue weighted by atomic mass is 10.3. The summed E-state index contributed by atoms with van der Waals surface area (Å²) in [6, 6.07) is 6.56. The molecule has 0 aliphatic rings. The number of phenols is 1. The zero-order chi connectivity index (χ0) is 8.27. The Morgan fingerprint density at radius 3 is 2.64 bits per heavy atom. The Kier molecular flexibility index (Phi) is 2.08. The van der Waals surface area contributed by atoms with Gasteiger partial charge in [-0.25, -0.2) is 5.84 Å². The van der Waals surface area contributed by atoms with Gasteiger partial charge < -0.3 is 5.11 Å². The van der Waals surface area contributed by atoms with Gasteiger partial charge in [-0.15, -0.1) is 0 Å². The van der Waals surface area contributed by atoms with Crippen molar-refractivity contribution in [3.8, 4) is 5.75 Å². The van der Waals surface area contributed by atoms with Gasteiger partial charge in [0.15, 0.2) is 0 Å². The maximum Gasteiger partial charge on any atom is 0.140 e. The fraction of sp³-hybridized carbons (Fsp3) is 0. The van der Waals surface area contributed by atoms with Gasteiger partial charge in [0.25, 0.3) is 0 Å². The van der Waals surface area contributed by atoms with Gasteiger partial charge in [-0.2, -0.15) is 0 Å². The summed E-state index contributed by atoms with van der Waals surface area (Å²) in [4.78, 5) is 0. The summed E-state index contributed by atoms with van der Waals surface area (Å²) in [7, 11) is 0. The first kappa shape index (κ1) is 7.56. The second kappa shape index (κ2) is 3.03. The van der Waals surface area contributed by atoms with E-state index in [-0.39, 0.29) is 5.75 Å². The zero-order valence-electron chi connectivity index (χ0n) is 5.86. The van der Waals surface area contributed by atoms with E-state index in [0.29, 0.717) is 5.69 Å². The van der Waals surface area contributed by atoms with Gasteiger partial charge in [-0.3, -0.25) is 10.4 Å². The minimum Gasteiger partial charge on any atom is -0.506 e. The summed E-state index contributed by atoms with van der Waals surface area (Å²) in [6.07, 6.45) is 0.926. The first-order valence-corrected chi connectivity index (χ1v) is 3.08. The Morgan fingerprint density at radius 2 is 2.09 bits per heavy atom. The van der Waals surface area contributed by atoms with Crippen LogP contribution in [0.5, 0.6) is 5.75 Å². The van der Waals surface area contributed by atoms with E-state index in [1.54, 1.807) is 18.2 Å². The van der Waals surface area contributed by atoms with E-state index in [0.717, 1.165) is 11.3 Å². The van der Waals surface area contributed by atoms with E-state index in [4.69, 9.17) is 11.3 Å². The average molecular weight is 151 g/mol. The van der Waals surface area contributed by atoms with E-state index in [1.165, 1.54) is 6.07 Å². The quantitative estimate of drug-likeness (QED) is 0.252. The molecule has 0 heterocycles. The molecule has 1 aromatic rings. The lowest BCUT2D eigenvalue weighted by Crippen LogP contribution is -2.28. The summed E-state index contributed by atoms with van der Waals surface area (Å²) >= 11 is 0. The van der Waals surface area contributed by atoms with Gasteiger partial charge in [-0.1, -0.05) is 12.1 Å². The van der Waals surface area contributed by atoms with Crippen LogP contribution in [0.4, 0.5) is 5.69 Å². The molecule has 0 spiro atoms. The molecular weight excluding hydrogens is 142 g/mol. The molecule has 11 heavy (non-hydrogen) atoms. The third-order valence-electron chi connectivity index (χ3n) is 1.30. The largest absolute Gasteiger partial charge is 0.506 e. The topological polar surface area (TPSA) is 73.3 Å². The molecule has 0 aliphatic heterocycles. The Bertz CT molecular complexity index is 262. The van der Waals surface area contributed by atoms with E-state index >= 15 is 0 Å². The van der Waals surface area contributed by atoms with Gasteiger partial charge in [0.1, 0.15) is 17.8 Å². The van der Waals surface area contributed by atoms with Gasteiger partial charge in [0.05, 0.1) is 0 Å². The molecule has 0 fully saturated rings. The Morgan fingerprint density at radius 1 is 1.45 bits per heavy atom. The van der Waals surface area contributed by atoms with Crippen molar-refractivity contribution in [1.82, 2.24) is 0 Å². The van der Waals surface area contributed by atoms with Crippen molar-refractivity contribution in [2.75, 3.05) is 5.01 Å². The minimum absolute atomic E-state index is 0.0681. The number of nitrogens with two attached hydrogens (primary N) is 1. The molecule has 0 aliphatic carbocycles. The Balaban J connectivity index is 3.02. The van der Waals surface area contributed by atoms with Crippen LogP contribution >= 0.6 is 0 Å². The van der Waals surface area contributed by atoms with Crippen molar-refractivity contribution < 1.29 is 5.11 Å². The number of hydrazine groups is 1. The lowest BCUT2D eigenvalue weighted by Gasteiger charge is -2.12. The number of rotatable bonds is 2. The number of para-hydroxylation sites is 2. The van der Waals surface area contributed by atoms with Crippen molar-refractivity contribution in [1.29, 1.82) is 5.41 Å². The zero-order valence-corrected chi connectivity index (χ0v) is 5.86. The molecule has 0 saturated heterocycles. The predicted octanol–water partition coefficient (Wildman–Crippen LogP) is 0.679. The molecule has 0 radical (unpaired) electrons. The van der Waals surface area contributed by atoms with Gasteiger partial charge >= 0.3 is 0 Å². The van der Waals surface area contributed by atoms with E-state index < -0.39 is 0 Å². The number of nitrogens with one attached hydrogen (secondary N) is 1. The molecule has 58 valence electrons. The second-order valence-corrected chi connectivity index (χ2v) is 2.03. The number of hydrogen-bond acceptors (Lipinski definition) is 3. The standard InChI is InChI=1S/C7H9N3O/c8-5-10(9)6-3-1-2-4-7(6)11/h1-5,8,11H,9H2. The highest BCUT2D eigenvalue weighted by molar-refractivity contribution is 5.78. The first-order chi connectivity index (χ1) is 5.25. The molecule has 4 nitrogen and oxygen atoms in total. The highest BCUT2D eigenvalue weighted by atomic mass is 16.3. The number of phenolic OH excluding ortho intramolecular Hbond substituents is 1. The molecule has 1 aromatic carbocycles. The monoisotopic (exact) mass is 151 g/mol. The van der Waals surface area contributed by atoms with Crippen LogP contribution in [0.15, 0.2) is 24.3 Å². The fourth-order valence-electron chi connectivity index (χ4n) is 0.752. The molecule has 0 aromatic heterocycles. The SMILES string of the molecule is N=CN(N)c1ccccc1O. The summed E-state index contributed by atoms with van der Waals surface area (Å²) in [6.45, 7) is 0. The van der Waals surface area contributed by atoms with Crippen molar-refractivity contribution in [3.63, 3.8) is 0 Å². The molecule has 1 rings (SSSR count). The summed E-state index contributed by atoms with van der Waals surface area (Å²) < 4.78 is 0. The summed E-state index contributed by atoms with van der Waals surface area (Å²) in [5, 5.41) is 17.0. The van der Waals surface area contributed by atoms with Gasteiger partial charge in [-0.05, 0) is 12.1 Å². The fourth-order valence-corrected chi connectivity index (χ4v) is 0.752. The third-order valence-corrected chi connectivity index (χ3v) is 1.30. The van der Waals surface area contributed by atoms with Crippen molar-refractivity contribution in [3.05, 3.63) is 24.3 Å². The Hall–Kier alpha value is -1.55. The van der Waals surface area contributed by atoms with Crippen LogP contribution in [0.3, 0.4) is 0 Å². The maximum absolute atomic E-state index is 9.19. The molecule has 0 atom stereocenters. The van der Waals surface area contributed by atoms with E-state index in [1.807, 2.05) is 0 Å². The molecule has 4 N–H and O–H groups in total. The molecule has 0 unspecified atom stereocenters. The predicted molar refractivity (Wildman–Crippen MR) is 43.6 cm³/mol. The number of hydrogen-bond donors (Lipinski definition) is 3. The van der Waals surface area contributed by atoms with Gasteiger partial charge in [0.2, 0.25) is 0 Å². The molecule has 0 saturated carbocycles. The van der Waals surface area contributed by atoms with Crippen LogP contribution < -0.4 is 10.9 Å². The molecular formula is C7H9N3O. The van der Waals surface area contributed by atoms with Crippen LogP contribution in [-0.2, 0) is 0 Å². The van der Waals surface area contributed by atoms with Crippen LogP contribution in [0.2, 0.25) is 0 Å². The third kappa shape index (κ3) is 1.47. The van der Waals surface area contributed by atoms with E-state index in [2.05, 4.69) is 0 Å². The van der Waals surface area contributed by atoms with Crippen LogP contribution in [0.1, 0.15) is 0 Å². The average Bonchev–Trinajstić information content (AvgIpc) is 2.04. The number of aromatic hydroxyl groups is 1. The summed E-state index contributed by atoms with van der Waals surface area (Å²) in [5.74, 6) is 5.39. The molecule has 4 heteroatoms. The van der Waals surface area contributed by atoms with Crippen molar-refractivity contribution in [2.45, 2.75) is 0 Å². The van der Waals surface area contributed by atoms with Crippen LogP contribution in [-0.4, -0.2) is 11.4 Å². The van der Waals surface area contributed by atoms with Crippen LogP contribution in [0, 0.1) is 5.41 Å². The highest BCUT2D eigenvalue weighted by Crippen LogP contribution is 2.22. The van der Waals surface area contributed by atoms with Crippen molar-refractivity contribution >= 4 is 12.0 Å². The second-order valence-electron chi connectivity index (χ2n) is 2.03. The number of benzene rings is 1. The van der Waals surface area contributed by atoms with Crippen molar-refractivity contribution in [2.24, 2.45) is 5.84 Å². The highest BCUT2D eigenvalue weighted by Gasteiger charge is 2.01. The van der Waals surface area contributed by atoms with Gasteiger partial charge in [0, 0.05) is 0 Å². The number of nitrogens with zero attached hydrogens (tertiary/aromatic N) is 1. The normalized spacial score (nSPS) is 9.18. The molecule has 0 amide bonds. The smallest absolute Gasteiger partial charge is 0.140 e. The maximum atomic E-state index is 9.19. The van der Waals surface area contributed by atoms with Crippen LogP contribution in [0.25, 0.3) is 0 Å². The summed E-state index contributed by atoms with van der Waals surface area (Å²) in [5.41, 5.74) is 0.419. The minimum atomic E-state index is 0.0681. The molecule has 0 bridgehead atoms. The number of anilines is 1.